The molecule has 1 aliphatic carbocycles. The standard InChI is InChI=1S/C11H18O2/c1-3-4-5-11(13)8-6-10(2,12)7-9-11/h6-9,12-13H,3-5H2,1-2H3. The molecule has 0 saturated heterocycles. The quantitative estimate of drug-likeness (QED) is 0.653. The van der Waals surface area contributed by atoms with Crippen LogP contribution in [0.1, 0.15) is 33.1 Å². The molecule has 0 unspecified atom stereocenters. The second-order valence-electron chi connectivity index (χ2n) is 3.99. The van der Waals surface area contributed by atoms with Crippen molar-refractivity contribution in [3.8, 4) is 0 Å². The molecule has 0 atom stereocenters. The fourth-order valence-electron chi connectivity index (χ4n) is 1.36. The first kappa shape index (κ1) is 10.5. The predicted octanol–water partition coefficient (Wildman–Crippen LogP) is 1.78. The van der Waals surface area contributed by atoms with E-state index in [4.69, 9.17) is 0 Å². The van der Waals surface area contributed by atoms with E-state index in [9.17, 15) is 10.2 Å². The molecule has 0 bridgehead atoms. The molecule has 0 heterocycles. The third-order valence-corrected chi connectivity index (χ3v) is 2.35. The zero-order valence-corrected chi connectivity index (χ0v) is 8.33. The lowest BCUT2D eigenvalue weighted by Gasteiger charge is -2.28. The van der Waals surface area contributed by atoms with Crippen molar-refractivity contribution in [2.24, 2.45) is 0 Å². The minimum absolute atomic E-state index is 0.729. The molecular weight excluding hydrogens is 164 g/mol. The van der Waals surface area contributed by atoms with E-state index in [2.05, 4.69) is 6.92 Å². The minimum atomic E-state index is -0.890. The lowest BCUT2D eigenvalue weighted by atomic mass is 9.87. The Labute approximate surface area is 79.6 Å². The smallest absolute Gasteiger partial charge is 0.101 e. The summed E-state index contributed by atoms with van der Waals surface area (Å²) in [4.78, 5) is 0. The van der Waals surface area contributed by atoms with E-state index in [-0.39, 0.29) is 0 Å². The fraction of sp³-hybridized carbons (Fsp3) is 0.636. The van der Waals surface area contributed by atoms with Gasteiger partial charge in [-0.05, 0) is 13.3 Å². The average Bonchev–Trinajstić information content (AvgIpc) is 2.08. The third kappa shape index (κ3) is 2.98. The van der Waals surface area contributed by atoms with Gasteiger partial charge in [0.15, 0.2) is 0 Å². The van der Waals surface area contributed by atoms with E-state index in [0.717, 1.165) is 19.3 Å². The van der Waals surface area contributed by atoms with Gasteiger partial charge in [0, 0.05) is 0 Å². The number of aliphatic hydroxyl groups is 2. The van der Waals surface area contributed by atoms with Gasteiger partial charge < -0.3 is 10.2 Å². The van der Waals surface area contributed by atoms with Crippen LogP contribution in [0.5, 0.6) is 0 Å². The van der Waals surface area contributed by atoms with Crippen LogP contribution in [0.2, 0.25) is 0 Å². The molecule has 0 radical (unpaired) electrons. The van der Waals surface area contributed by atoms with Crippen LogP contribution in [0, 0.1) is 0 Å². The van der Waals surface area contributed by atoms with Crippen LogP contribution in [-0.4, -0.2) is 21.4 Å². The Bertz CT molecular complexity index is 210. The topological polar surface area (TPSA) is 40.5 Å². The van der Waals surface area contributed by atoms with Crippen LogP contribution in [0.25, 0.3) is 0 Å². The molecule has 0 aliphatic heterocycles. The van der Waals surface area contributed by atoms with Crippen LogP contribution in [0.3, 0.4) is 0 Å². The van der Waals surface area contributed by atoms with Gasteiger partial charge in [-0.25, -0.2) is 0 Å². The summed E-state index contributed by atoms with van der Waals surface area (Å²) in [5.74, 6) is 0. The number of unbranched alkanes of at least 4 members (excludes halogenated alkanes) is 1. The Balaban J connectivity index is 2.60. The normalized spacial score (nSPS) is 38.2. The molecule has 1 rings (SSSR count). The first-order chi connectivity index (χ1) is 5.97. The van der Waals surface area contributed by atoms with Gasteiger partial charge in [-0.1, -0.05) is 44.1 Å². The molecule has 2 N–H and O–H groups in total. The minimum Gasteiger partial charge on any atom is -0.382 e. The second kappa shape index (κ2) is 3.64. The van der Waals surface area contributed by atoms with Crippen molar-refractivity contribution in [3.63, 3.8) is 0 Å². The van der Waals surface area contributed by atoms with E-state index in [1.165, 1.54) is 0 Å². The lowest BCUT2D eigenvalue weighted by molar-refractivity contribution is 0.107. The molecule has 2 heteroatoms. The van der Waals surface area contributed by atoms with Crippen LogP contribution in [0.4, 0.5) is 0 Å². The lowest BCUT2D eigenvalue weighted by Crippen LogP contribution is -2.31. The molecule has 0 aromatic carbocycles. The molecule has 0 aromatic heterocycles. The van der Waals surface area contributed by atoms with Crippen molar-refractivity contribution in [2.45, 2.75) is 44.3 Å². The Morgan fingerprint density at radius 1 is 1.08 bits per heavy atom. The fourth-order valence-corrected chi connectivity index (χ4v) is 1.36. The average molecular weight is 182 g/mol. The molecule has 1 aliphatic rings. The molecule has 0 amide bonds. The van der Waals surface area contributed by atoms with Gasteiger partial charge >= 0.3 is 0 Å². The van der Waals surface area contributed by atoms with E-state index in [1.807, 2.05) is 0 Å². The number of rotatable bonds is 3. The van der Waals surface area contributed by atoms with Crippen molar-refractivity contribution in [1.29, 1.82) is 0 Å². The highest BCUT2D eigenvalue weighted by atomic mass is 16.3. The Kier molecular flexibility index (Phi) is 2.94. The SMILES string of the molecule is CCCCC1(O)C=CC(C)(O)C=C1. The molecule has 13 heavy (non-hydrogen) atoms. The highest BCUT2D eigenvalue weighted by molar-refractivity contribution is 5.27. The van der Waals surface area contributed by atoms with Crippen LogP contribution >= 0.6 is 0 Å². The first-order valence-corrected chi connectivity index (χ1v) is 4.83. The van der Waals surface area contributed by atoms with Crippen molar-refractivity contribution in [1.82, 2.24) is 0 Å². The van der Waals surface area contributed by atoms with E-state index < -0.39 is 11.2 Å². The summed E-state index contributed by atoms with van der Waals surface area (Å²) >= 11 is 0. The molecular formula is C11H18O2. The maximum absolute atomic E-state index is 9.95. The van der Waals surface area contributed by atoms with E-state index in [0.29, 0.717) is 0 Å². The summed E-state index contributed by atoms with van der Waals surface area (Å²) in [5.41, 5.74) is -1.73. The Hall–Kier alpha value is -0.600. The molecule has 74 valence electrons. The maximum Gasteiger partial charge on any atom is 0.101 e. The molecule has 0 fully saturated rings. The summed E-state index contributed by atoms with van der Waals surface area (Å²) in [6, 6.07) is 0. The summed E-state index contributed by atoms with van der Waals surface area (Å²) in [5, 5.41) is 19.5. The summed E-state index contributed by atoms with van der Waals surface area (Å²) in [6.45, 7) is 3.79. The molecule has 0 saturated carbocycles. The summed E-state index contributed by atoms with van der Waals surface area (Å²) in [6.07, 6.45) is 9.44. The Morgan fingerprint density at radius 3 is 2.08 bits per heavy atom. The molecule has 2 nitrogen and oxygen atoms in total. The number of hydrogen-bond donors (Lipinski definition) is 2. The van der Waals surface area contributed by atoms with Crippen LogP contribution in [0.15, 0.2) is 24.3 Å². The largest absolute Gasteiger partial charge is 0.382 e. The van der Waals surface area contributed by atoms with Gasteiger partial charge in [-0.2, -0.15) is 0 Å². The second-order valence-corrected chi connectivity index (χ2v) is 3.99. The van der Waals surface area contributed by atoms with Gasteiger partial charge in [0.2, 0.25) is 0 Å². The predicted molar refractivity (Wildman–Crippen MR) is 53.4 cm³/mol. The maximum atomic E-state index is 9.95. The van der Waals surface area contributed by atoms with E-state index >= 15 is 0 Å². The van der Waals surface area contributed by atoms with Gasteiger partial charge in [0.1, 0.15) is 5.60 Å². The monoisotopic (exact) mass is 182 g/mol. The van der Waals surface area contributed by atoms with Gasteiger partial charge in [-0.3, -0.25) is 0 Å². The summed E-state index contributed by atoms with van der Waals surface area (Å²) < 4.78 is 0. The van der Waals surface area contributed by atoms with Crippen LogP contribution in [-0.2, 0) is 0 Å². The van der Waals surface area contributed by atoms with Crippen molar-refractivity contribution >= 4 is 0 Å². The first-order valence-electron chi connectivity index (χ1n) is 4.83. The zero-order valence-electron chi connectivity index (χ0n) is 8.33. The van der Waals surface area contributed by atoms with Crippen molar-refractivity contribution < 1.29 is 10.2 Å². The van der Waals surface area contributed by atoms with Crippen molar-refractivity contribution in [2.75, 3.05) is 0 Å². The van der Waals surface area contributed by atoms with Gasteiger partial charge in [0.25, 0.3) is 0 Å². The zero-order chi connectivity index (χ0) is 9.95. The van der Waals surface area contributed by atoms with E-state index in [1.54, 1.807) is 31.2 Å². The summed E-state index contributed by atoms with van der Waals surface area (Å²) in [7, 11) is 0. The van der Waals surface area contributed by atoms with Gasteiger partial charge in [0.05, 0.1) is 5.60 Å². The highest BCUT2D eigenvalue weighted by Crippen LogP contribution is 2.25. The Morgan fingerprint density at radius 2 is 1.62 bits per heavy atom. The third-order valence-electron chi connectivity index (χ3n) is 2.35. The molecule has 0 spiro atoms. The number of hydrogen-bond acceptors (Lipinski definition) is 2. The van der Waals surface area contributed by atoms with Gasteiger partial charge in [-0.15, -0.1) is 0 Å². The highest BCUT2D eigenvalue weighted by Gasteiger charge is 2.26. The van der Waals surface area contributed by atoms with Crippen molar-refractivity contribution in [3.05, 3.63) is 24.3 Å². The van der Waals surface area contributed by atoms with Crippen LogP contribution < -0.4 is 0 Å². The molecule has 0 aromatic rings.